The Bertz CT molecular complexity index is 1700. The van der Waals surface area contributed by atoms with Crippen LogP contribution in [0.5, 0.6) is 0 Å². The number of benzene rings is 4. The van der Waals surface area contributed by atoms with Crippen LogP contribution in [0.3, 0.4) is 0 Å². The van der Waals surface area contributed by atoms with E-state index in [0.717, 1.165) is 48.3 Å². The Morgan fingerprint density at radius 2 is 0.722 bits per heavy atom. The normalized spacial score (nSPS) is 11.8. The molecule has 7 aromatic rings. The van der Waals surface area contributed by atoms with Gasteiger partial charge in [0.05, 0.1) is 30.6 Å². The molecule has 0 fully saturated rings. The highest BCUT2D eigenvalue weighted by molar-refractivity contribution is 7.22. The maximum Gasteiger partial charge on any atom is 0.124 e. The fraction of sp³-hybridized carbons (Fsp3) is 0.100. The molecule has 3 nitrogen and oxygen atoms in total. The lowest BCUT2D eigenvalue weighted by molar-refractivity contribution is 1.41. The van der Waals surface area contributed by atoms with Gasteiger partial charge in [0.2, 0.25) is 0 Å². The molecule has 0 unspecified atom stereocenters. The second-order valence-electron chi connectivity index (χ2n) is 9.27. The van der Waals surface area contributed by atoms with Gasteiger partial charge in [-0.05, 0) is 92.1 Å². The molecule has 6 heteroatoms. The molecule has 0 saturated heterocycles. The lowest BCUT2D eigenvalue weighted by Gasteiger charge is -2.05. The van der Waals surface area contributed by atoms with Crippen LogP contribution in [0, 0.1) is 20.8 Å². The van der Waals surface area contributed by atoms with E-state index >= 15 is 0 Å². The van der Waals surface area contributed by atoms with E-state index in [-0.39, 0.29) is 0 Å². The molecule has 0 atom stereocenters. The molecule has 0 bridgehead atoms. The molecule has 0 spiro atoms. The Balaban J connectivity index is 1.44. The average Bonchev–Trinajstić information content (AvgIpc) is 3.59. The first kappa shape index (κ1) is 21.8. The molecule has 174 valence electrons. The zero-order chi connectivity index (χ0) is 24.4. The summed E-state index contributed by atoms with van der Waals surface area (Å²) in [5.41, 5.74) is 10.1. The second kappa shape index (κ2) is 8.30. The van der Waals surface area contributed by atoms with Gasteiger partial charge in [-0.15, -0.1) is 34.0 Å². The minimum atomic E-state index is 1.02. The first-order valence-electron chi connectivity index (χ1n) is 11.8. The molecule has 7 rings (SSSR count). The number of nitrogens with zero attached hydrogens (tertiary/aromatic N) is 3. The molecule has 0 aliphatic rings. The van der Waals surface area contributed by atoms with Gasteiger partial charge in [-0.1, -0.05) is 18.2 Å². The van der Waals surface area contributed by atoms with E-state index in [9.17, 15) is 0 Å². The predicted octanol–water partition coefficient (Wildman–Crippen LogP) is 9.44. The third-order valence-electron chi connectivity index (χ3n) is 6.30. The highest BCUT2D eigenvalue weighted by Crippen LogP contribution is 2.40. The number of hydrogen-bond acceptors (Lipinski definition) is 6. The van der Waals surface area contributed by atoms with Crippen LogP contribution >= 0.6 is 34.0 Å². The van der Waals surface area contributed by atoms with E-state index in [0.29, 0.717) is 0 Å². The van der Waals surface area contributed by atoms with Crippen LogP contribution in [-0.4, -0.2) is 15.0 Å². The van der Waals surface area contributed by atoms with Crippen molar-refractivity contribution in [3.05, 3.63) is 89.5 Å². The lowest BCUT2D eigenvalue weighted by Crippen LogP contribution is -1.85. The highest BCUT2D eigenvalue weighted by atomic mass is 32.1. The van der Waals surface area contributed by atoms with Gasteiger partial charge >= 0.3 is 0 Å². The van der Waals surface area contributed by atoms with Crippen molar-refractivity contribution in [1.29, 1.82) is 0 Å². The predicted molar refractivity (Wildman–Crippen MR) is 156 cm³/mol. The summed E-state index contributed by atoms with van der Waals surface area (Å²) >= 11 is 5.21. The molecule has 3 aromatic heterocycles. The van der Waals surface area contributed by atoms with Gasteiger partial charge in [-0.3, -0.25) is 0 Å². The molecular weight excluding hydrogens is 499 g/mol. The number of fused-ring (bicyclic) bond motifs is 3. The Labute approximate surface area is 220 Å². The van der Waals surface area contributed by atoms with Crippen molar-refractivity contribution in [1.82, 2.24) is 15.0 Å². The van der Waals surface area contributed by atoms with Crippen molar-refractivity contribution >= 4 is 64.7 Å². The average molecular weight is 520 g/mol. The number of aromatic nitrogens is 3. The first-order chi connectivity index (χ1) is 17.5. The Morgan fingerprint density at radius 1 is 0.417 bits per heavy atom. The quantitative estimate of drug-likeness (QED) is 0.233. The van der Waals surface area contributed by atoms with Crippen molar-refractivity contribution in [2.45, 2.75) is 20.8 Å². The van der Waals surface area contributed by atoms with Gasteiger partial charge in [0.1, 0.15) is 15.0 Å². The molecule has 4 aromatic carbocycles. The fourth-order valence-electron chi connectivity index (χ4n) is 4.48. The maximum absolute atomic E-state index is 5.01. The van der Waals surface area contributed by atoms with Gasteiger partial charge in [0.25, 0.3) is 0 Å². The van der Waals surface area contributed by atoms with Crippen molar-refractivity contribution in [2.24, 2.45) is 0 Å². The van der Waals surface area contributed by atoms with Gasteiger partial charge in [0, 0.05) is 16.7 Å². The number of hydrogen-bond donors (Lipinski definition) is 0. The summed E-state index contributed by atoms with van der Waals surface area (Å²) in [6.45, 7) is 6.34. The van der Waals surface area contributed by atoms with Gasteiger partial charge in [-0.2, -0.15) is 0 Å². The summed E-state index contributed by atoms with van der Waals surface area (Å²) in [5, 5.41) is 3.06. The highest BCUT2D eigenvalue weighted by Gasteiger charge is 2.16. The SMILES string of the molecule is Cc1ccc2sc(-c3cc(-c4nc5cc(C)ccc5s4)cc(-c4nc5cc(C)ccc5s4)c3)nc2c1. The van der Waals surface area contributed by atoms with Crippen LogP contribution in [0.15, 0.2) is 72.8 Å². The monoisotopic (exact) mass is 519 g/mol. The van der Waals surface area contributed by atoms with Crippen molar-refractivity contribution in [2.75, 3.05) is 0 Å². The number of rotatable bonds is 3. The summed E-state index contributed by atoms with van der Waals surface area (Å²) in [7, 11) is 0. The smallest absolute Gasteiger partial charge is 0.124 e. The Kier molecular flexibility index (Phi) is 5.03. The van der Waals surface area contributed by atoms with Crippen LogP contribution in [0.1, 0.15) is 16.7 Å². The van der Waals surface area contributed by atoms with E-state index in [1.54, 1.807) is 34.0 Å². The molecule has 0 saturated carbocycles. The van der Waals surface area contributed by atoms with Crippen LogP contribution in [0.25, 0.3) is 62.4 Å². The van der Waals surface area contributed by atoms with E-state index in [1.165, 1.54) is 30.8 Å². The molecule has 3 heterocycles. The summed E-state index contributed by atoms with van der Waals surface area (Å²) in [4.78, 5) is 15.0. The molecule has 0 aliphatic heterocycles. The van der Waals surface area contributed by atoms with E-state index < -0.39 is 0 Å². The third-order valence-corrected chi connectivity index (χ3v) is 9.56. The second-order valence-corrected chi connectivity index (χ2v) is 12.4. The zero-order valence-electron chi connectivity index (χ0n) is 20.0. The van der Waals surface area contributed by atoms with E-state index in [4.69, 9.17) is 15.0 Å². The number of thiazole rings is 3. The molecule has 0 N–H and O–H groups in total. The largest absolute Gasteiger partial charge is 0.236 e. The number of aryl methyl sites for hydroxylation is 3. The Morgan fingerprint density at radius 3 is 1.03 bits per heavy atom. The van der Waals surface area contributed by atoms with Crippen LogP contribution in [0.4, 0.5) is 0 Å². The minimum Gasteiger partial charge on any atom is -0.236 e. The van der Waals surface area contributed by atoms with Crippen LogP contribution < -0.4 is 0 Å². The van der Waals surface area contributed by atoms with Crippen molar-refractivity contribution in [3.8, 4) is 31.7 Å². The van der Waals surface area contributed by atoms with Crippen LogP contribution in [-0.2, 0) is 0 Å². The van der Waals surface area contributed by atoms with Gasteiger partial charge in [-0.25, -0.2) is 15.0 Å². The van der Waals surface area contributed by atoms with E-state index in [1.807, 2.05) is 0 Å². The zero-order valence-corrected chi connectivity index (χ0v) is 22.4. The van der Waals surface area contributed by atoms with Gasteiger partial charge < -0.3 is 0 Å². The minimum absolute atomic E-state index is 1.02. The van der Waals surface area contributed by atoms with Crippen molar-refractivity contribution < 1.29 is 0 Å². The van der Waals surface area contributed by atoms with Crippen LogP contribution in [0.2, 0.25) is 0 Å². The molecule has 0 radical (unpaired) electrons. The molecule has 0 amide bonds. The molecule has 0 aliphatic carbocycles. The van der Waals surface area contributed by atoms with Gasteiger partial charge in [0.15, 0.2) is 0 Å². The summed E-state index contributed by atoms with van der Waals surface area (Å²) < 4.78 is 3.61. The first-order valence-corrected chi connectivity index (χ1v) is 14.2. The standard InChI is InChI=1S/C30H21N3S3/c1-16-4-7-25-22(10-16)31-28(34-25)19-13-20(29-32-23-11-17(2)5-8-26(23)35-29)15-21(14-19)30-33-24-12-18(3)6-9-27(24)36-30/h4-15H,1-3H3. The topological polar surface area (TPSA) is 38.7 Å². The molecule has 36 heavy (non-hydrogen) atoms. The fourth-order valence-corrected chi connectivity index (χ4v) is 7.28. The summed E-state index contributed by atoms with van der Waals surface area (Å²) in [5.74, 6) is 0. The summed E-state index contributed by atoms with van der Waals surface area (Å²) in [6, 6.07) is 26.1. The van der Waals surface area contributed by atoms with E-state index in [2.05, 4.69) is 93.6 Å². The third kappa shape index (κ3) is 3.82. The van der Waals surface area contributed by atoms with Crippen molar-refractivity contribution in [3.63, 3.8) is 0 Å². The molecular formula is C30H21N3S3. The lowest BCUT2D eigenvalue weighted by atomic mass is 10.1. The maximum atomic E-state index is 5.01. The summed E-state index contributed by atoms with van der Waals surface area (Å²) in [6.07, 6.45) is 0. The Hall–Kier alpha value is -3.45.